The van der Waals surface area contributed by atoms with Gasteiger partial charge in [0.25, 0.3) is 0 Å². The van der Waals surface area contributed by atoms with Crippen molar-refractivity contribution in [2.75, 3.05) is 26.1 Å². The molecule has 16 heavy (non-hydrogen) atoms. The molecule has 4 nitrogen and oxygen atoms in total. The van der Waals surface area contributed by atoms with Crippen molar-refractivity contribution < 1.29 is 49.0 Å². The number of ether oxygens (including phenoxy) is 1. The molecule has 0 aromatic heterocycles. The summed E-state index contributed by atoms with van der Waals surface area (Å²) < 4.78 is 5.05. The van der Waals surface area contributed by atoms with Gasteiger partial charge in [0.15, 0.2) is 4.98 Å². The molecule has 85 valence electrons. The van der Waals surface area contributed by atoms with Crippen LogP contribution < -0.4 is 34.5 Å². The zero-order valence-corrected chi connectivity index (χ0v) is 13.9. The first-order valence-corrected chi connectivity index (χ1v) is 3.89. The average Bonchev–Trinajstić information content (AvgIpc) is 2.16. The maximum atomic E-state index is 8.61. The number of benzene rings is 1. The molecule has 1 radical (unpaired) electrons. The Labute approximate surface area is 121 Å². The Bertz CT molecular complexity index is 355. The van der Waals surface area contributed by atoms with E-state index in [0.29, 0.717) is 11.4 Å². The number of rotatable bonds is 2. The Morgan fingerprint density at radius 2 is 1.81 bits per heavy atom. The molecule has 0 bridgehead atoms. The molecule has 0 aliphatic heterocycles. The predicted octanol–water partition coefficient (Wildman–Crippen LogP) is -3.75. The van der Waals surface area contributed by atoms with E-state index in [0.717, 1.165) is 5.69 Å². The van der Waals surface area contributed by atoms with Crippen molar-refractivity contribution in [3.63, 3.8) is 0 Å². The Morgan fingerprint density at radius 1 is 1.25 bits per heavy atom. The molecule has 0 saturated heterocycles. The normalized spacial score (nSPS) is 7.38. The minimum Gasteiger partial charge on any atom is -1.00 e. The van der Waals surface area contributed by atoms with Crippen LogP contribution in [0.2, 0.25) is 0 Å². The van der Waals surface area contributed by atoms with Crippen LogP contribution in [0, 0.1) is 5.39 Å². The molecule has 0 spiro atoms. The van der Waals surface area contributed by atoms with Crippen molar-refractivity contribution in [3.05, 3.63) is 23.2 Å². The first-order valence-electron chi connectivity index (χ1n) is 3.89. The van der Waals surface area contributed by atoms with Gasteiger partial charge in [0, 0.05) is 31.9 Å². The van der Waals surface area contributed by atoms with E-state index < -0.39 is 0 Å². The van der Waals surface area contributed by atoms with Gasteiger partial charge >= 0.3 is 25.2 Å². The molecule has 0 aliphatic rings. The maximum absolute atomic E-state index is 8.61. The third-order valence-electron chi connectivity index (χ3n) is 1.79. The van der Waals surface area contributed by atoms with Crippen LogP contribution in [-0.2, 0) is 19.5 Å². The van der Waals surface area contributed by atoms with E-state index in [9.17, 15) is 0 Å². The van der Waals surface area contributed by atoms with Crippen molar-refractivity contribution in [2.24, 2.45) is 0 Å². The van der Waals surface area contributed by atoms with Crippen molar-refractivity contribution in [1.29, 1.82) is 5.39 Å². The quantitative estimate of drug-likeness (QED) is 0.416. The van der Waals surface area contributed by atoms with Crippen LogP contribution >= 0.6 is 0 Å². The number of methoxy groups -OCH3 is 1. The van der Waals surface area contributed by atoms with Crippen LogP contribution in [0.4, 0.5) is 11.4 Å². The molecule has 0 N–H and O–H groups in total. The summed E-state index contributed by atoms with van der Waals surface area (Å²) in [6.45, 7) is 0. The Kier molecular flexibility index (Phi) is 12.6. The summed E-state index contributed by atoms with van der Waals surface area (Å²) in [6, 6.07) is 5.38. The second-order valence-corrected chi connectivity index (χ2v) is 2.85. The zero-order valence-electron chi connectivity index (χ0n) is 9.44. The van der Waals surface area contributed by atoms with Crippen LogP contribution in [-0.4, -0.2) is 21.2 Å². The number of hydrogen-bond donors (Lipinski definition) is 0. The SMILES string of the molecule is COc1cc(N(C)C)ccc1[N+]#N.[Cl-].[Cl-].[Zn+]. The summed E-state index contributed by atoms with van der Waals surface area (Å²) in [6.07, 6.45) is 0. The van der Waals surface area contributed by atoms with Gasteiger partial charge in [-0.3, -0.25) is 0 Å². The van der Waals surface area contributed by atoms with E-state index in [1.807, 2.05) is 31.1 Å². The molecule has 0 fully saturated rings. The third-order valence-corrected chi connectivity index (χ3v) is 1.79. The Morgan fingerprint density at radius 3 is 2.19 bits per heavy atom. The molecule has 0 heterocycles. The van der Waals surface area contributed by atoms with Crippen molar-refractivity contribution in [1.82, 2.24) is 0 Å². The van der Waals surface area contributed by atoms with Gasteiger partial charge in [-0.05, 0) is 6.07 Å². The topological polar surface area (TPSA) is 40.6 Å². The number of hydrogen-bond acceptors (Lipinski definition) is 3. The van der Waals surface area contributed by atoms with Gasteiger partial charge in [-0.1, -0.05) is 0 Å². The minimum atomic E-state index is 0. The van der Waals surface area contributed by atoms with Crippen molar-refractivity contribution in [3.8, 4) is 5.75 Å². The van der Waals surface area contributed by atoms with Crippen LogP contribution in [0.5, 0.6) is 5.75 Å². The minimum absolute atomic E-state index is 0. The molecular formula is C9H12Cl2N3OZn. The molecule has 0 saturated carbocycles. The first kappa shape index (κ1) is 20.8. The zero-order chi connectivity index (χ0) is 9.84. The van der Waals surface area contributed by atoms with Gasteiger partial charge in [-0.25, -0.2) is 0 Å². The number of nitrogens with zero attached hydrogens (tertiary/aromatic N) is 3. The van der Waals surface area contributed by atoms with Gasteiger partial charge in [-0.15, -0.1) is 0 Å². The van der Waals surface area contributed by atoms with E-state index in [1.165, 1.54) is 0 Å². The first-order chi connectivity index (χ1) is 6.19. The maximum Gasteiger partial charge on any atom is 1.00 e. The van der Waals surface area contributed by atoms with Gasteiger partial charge in [0.2, 0.25) is 11.1 Å². The summed E-state index contributed by atoms with van der Waals surface area (Å²) in [7, 11) is 5.42. The molecule has 7 heteroatoms. The Balaban J connectivity index is -0.000000563. The molecule has 1 aromatic rings. The van der Waals surface area contributed by atoms with E-state index in [4.69, 9.17) is 10.1 Å². The summed E-state index contributed by atoms with van der Waals surface area (Å²) >= 11 is 0. The van der Waals surface area contributed by atoms with Gasteiger partial charge in [-0.2, -0.15) is 0 Å². The van der Waals surface area contributed by atoms with Crippen molar-refractivity contribution in [2.45, 2.75) is 0 Å². The monoisotopic (exact) mass is 312 g/mol. The predicted molar refractivity (Wildman–Crippen MR) is 52.1 cm³/mol. The van der Waals surface area contributed by atoms with E-state index in [-0.39, 0.29) is 44.3 Å². The third kappa shape index (κ3) is 4.98. The fourth-order valence-corrected chi connectivity index (χ4v) is 1.03. The largest absolute Gasteiger partial charge is 1.00 e. The van der Waals surface area contributed by atoms with Gasteiger partial charge < -0.3 is 34.5 Å². The molecule has 0 unspecified atom stereocenters. The van der Waals surface area contributed by atoms with Crippen LogP contribution in [0.15, 0.2) is 18.2 Å². The van der Waals surface area contributed by atoms with Crippen LogP contribution in [0.3, 0.4) is 0 Å². The number of halogens is 2. The number of diazo groups is 1. The fourth-order valence-electron chi connectivity index (χ4n) is 1.03. The second kappa shape index (κ2) is 9.65. The average molecular weight is 315 g/mol. The number of anilines is 1. The molecule has 0 atom stereocenters. The second-order valence-electron chi connectivity index (χ2n) is 2.85. The summed E-state index contributed by atoms with van der Waals surface area (Å²) in [4.78, 5) is 5.05. The smallest absolute Gasteiger partial charge is 1.00 e. The molecular weight excluding hydrogens is 302 g/mol. The molecule has 0 amide bonds. The van der Waals surface area contributed by atoms with Gasteiger partial charge in [0.1, 0.15) is 0 Å². The standard InChI is InChI=1S/C9H12N3O.2ClH.Zn/c1-12(2)7-4-5-8(11-10)9(6-7)13-3;;;/h4-6H,1-3H3;2*1H;/q+1;;;+1/p-2. The Hall–Kier alpha value is -0.557. The van der Waals surface area contributed by atoms with E-state index >= 15 is 0 Å². The van der Waals surface area contributed by atoms with E-state index in [2.05, 4.69) is 4.98 Å². The summed E-state index contributed by atoms with van der Waals surface area (Å²) in [5.41, 5.74) is 1.44. The molecule has 1 aromatic carbocycles. The summed E-state index contributed by atoms with van der Waals surface area (Å²) in [5, 5.41) is 8.61. The van der Waals surface area contributed by atoms with Gasteiger partial charge in [0.05, 0.1) is 7.11 Å². The molecule has 1 rings (SSSR count). The molecule has 0 aliphatic carbocycles. The van der Waals surface area contributed by atoms with Crippen LogP contribution in [0.1, 0.15) is 0 Å². The fraction of sp³-hybridized carbons (Fsp3) is 0.333. The van der Waals surface area contributed by atoms with Crippen molar-refractivity contribution >= 4 is 11.4 Å². The van der Waals surface area contributed by atoms with E-state index in [1.54, 1.807) is 13.2 Å². The van der Waals surface area contributed by atoms with Crippen LogP contribution in [0.25, 0.3) is 4.98 Å². The summed E-state index contributed by atoms with van der Waals surface area (Å²) in [5.74, 6) is 0.564.